The van der Waals surface area contributed by atoms with Gasteiger partial charge in [0.05, 0.1) is 12.0 Å². The van der Waals surface area contributed by atoms with Crippen LogP contribution in [0, 0.1) is 13.8 Å². The van der Waals surface area contributed by atoms with Crippen molar-refractivity contribution in [3.8, 4) is 5.75 Å². The SMILES string of the molecule is COc1ccc(S(=O)(=O)N(C)Cc2cc(C)cc(C)c2)cc1. The molecular formula is C17H21NO3S. The maximum absolute atomic E-state index is 12.6. The van der Waals surface area contributed by atoms with Crippen molar-refractivity contribution in [1.29, 1.82) is 0 Å². The molecule has 0 unspecified atom stereocenters. The molecule has 0 radical (unpaired) electrons. The van der Waals surface area contributed by atoms with E-state index in [0.717, 1.165) is 16.7 Å². The molecule has 5 heteroatoms. The molecule has 2 rings (SSSR count). The predicted octanol–water partition coefficient (Wildman–Crippen LogP) is 3.13. The Morgan fingerprint density at radius 1 is 1.00 bits per heavy atom. The quantitative estimate of drug-likeness (QED) is 0.850. The molecule has 0 aliphatic carbocycles. The van der Waals surface area contributed by atoms with Gasteiger partial charge in [0.15, 0.2) is 0 Å². The monoisotopic (exact) mass is 319 g/mol. The third kappa shape index (κ3) is 3.67. The number of rotatable bonds is 5. The van der Waals surface area contributed by atoms with Crippen molar-refractivity contribution in [1.82, 2.24) is 4.31 Å². The minimum atomic E-state index is -3.51. The van der Waals surface area contributed by atoms with Crippen molar-refractivity contribution in [2.45, 2.75) is 25.3 Å². The molecule has 0 heterocycles. The Bertz CT molecular complexity index is 732. The number of hydrogen-bond donors (Lipinski definition) is 0. The molecule has 0 atom stereocenters. The number of sulfonamides is 1. The van der Waals surface area contributed by atoms with Crippen LogP contribution in [0.2, 0.25) is 0 Å². The lowest BCUT2D eigenvalue weighted by Gasteiger charge is -2.18. The van der Waals surface area contributed by atoms with E-state index in [9.17, 15) is 8.42 Å². The van der Waals surface area contributed by atoms with Gasteiger partial charge in [0.2, 0.25) is 10.0 Å². The van der Waals surface area contributed by atoms with Gasteiger partial charge in [-0.1, -0.05) is 29.3 Å². The summed E-state index contributed by atoms with van der Waals surface area (Å²) in [7, 11) is -0.364. The Kier molecular flexibility index (Phi) is 4.88. The molecule has 0 bridgehead atoms. The lowest BCUT2D eigenvalue weighted by atomic mass is 10.1. The van der Waals surface area contributed by atoms with E-state index in [1.54, 1.807) is 38.4 Å². The van der Waals surface area contributed by atoms with Crippen molar-refractivity contribution in [3.05, 3.63) is 59.2 Å². The summed E-state index contributed by atoms with van der Waals surface area (Å²) in [6.07, 6.45) is 0. The number of aryl methyl sites for hydroxylation is 2. The summed E-state index contributed by atoms with van der Waals surface area (Å²) < 4.78 is 31.6. The van der Waals surface area contributed by atoms with Gasteiger partial charge in [0.1, 0.15) is 5.75 Å². The van der Waals surface area contributed by atoms with Gasteiger partial charge in [0, 0.05) is 13.6 Å². The molecule has 0 aliphatic heterocycles. The van der Waals surface area contributed by atoms with Crippen LogP contribution in [0.3, 0.4) is 0 Å². The number of ether oxygens (including phenoxy) is 1. The highest BCUT2D eigenvalue weighted by Gasteiger charge is 2.21. The van der Waals surface area contributed by atoms with Gasteiger partial charge >= 0.3 is 0 Å². The van der Waals surface area contributed by atoms with Crippen molar-refractivity contribution in [2.24, 2.45) is 0 Å². The fourth-order valence-electron chi connectivity index (χ4n) is 2.43. The molecule has 4 nitrogen and oxygen atoms in total. The summed E-state index contributed by atoms with van der Waals surface area (Å²) in [4.78, 5) is 0.264. The number of methoxy groups -OCH3 is 1. The van der Waals surface area contributed by atoms with Crippen LogP contribution in [-0.2, 0) is 16.6 Å². The van der Waals surface area contributed by atoms with Crippen LogP contribution in [0.5, 0.6) is 5.75 Å². The minimum absolute atomic E-state index is 0.264. The summed E-state index contributed by atoms with van der Waals surface area (Å²) >= 11 is 0. The topological polar surface area (TPSA) is 46.6 Å². The molecule has 0 fully saturated rings. The fourth-order valence-corrected chi connectivity index (χ4v) is 3.59. The lowest BCUT2D eigenvalue weighted by molar-refractivity contribution is 0.414. The van der Waals surface area contributed by atoms with Crippen molar-refractivity contribution in [3.63, 3.8) is 0 Å². The first-order valence-corrected chi connectivity index (χ1v) is 8.44. The van der Waals surface area contributed by atoms with E-state index in [4.69, 9.17) is 4.74 Å². The van der Waals surface area contributed by atoms with Gasteiger partial charge in [-0.05, 0) is 43.7 Å². The number of nitrogens with zero attached hydrogens (tertiary/aromatic N) is 1. The van der Waals surface area contributed by atoms with Crippen molar-refractivity contribution in [2.75, 3.05) is 14.2 Å². The molecular weight excluding hydrogens is 298 g/mol. The van der Waals surface area contributed by atoms with E-state index in [0.29, 0.717) is 12.3 Å². The predicted molar refractivity (Wildman–Crippen MR) is 87.6 cm³/mol. The Morgan fingerprint density at radius 2 is 1.55 bits per heavy atom. The van der Waals surface area contributed by atoms with Gasteiger partial charge in [-0.3, -0.25) is 0 Å². The number of hydrogen-bond acceptors (Lipinski definition) is 3. The van der Waals surface area contributed by atoms with Crippen LogP contribution in [-0.4, -0.2) is 26.9 Å². The maximum Gasteiger partial charge on any atom is 0.243 e. The zero-order valence-corrected chi connectivity index (χ0v) is 14.1. The van der Waals surface area contributed by atoms with E-state index in [1.807, 2.05) is 26.0 Å². The molecule has 0 aliphatic rings. The minimum Gasteiger partial charge on any atom is -0.497 e. The van der Waals surface area contributed by atoms with Gasteiger partial charge in [0.25, 0.3) is 0 Å². The maximum atomic E-state index is 12.6. The van der Waals surface area contributed by atoms with Gasteiger partial charge in [-0.2, -0.15) is 4.31 Å². The molecule has 2 aromatic rings. The Hall–Kier alpha value is -1.85. The third-order valence-electron chi connectivity index (χ3n) is 3.45. The van der Waals surface area contributed by atoms with E-state index in [1.165, 1.54) is 4.31 Å². The molecule has 22 heavy (non-hydrogen) atoms. The van der Waals surface area contributed by atoms with Crippen LogP contribution in [0.15, 0.2) is 47.4 Å². The fraction of sp³-hybridized carbons (Fsp3) is 0.294. The first kappa shape index (κ1) is 16.5. The summed E-state index contributed by atoms with van der Waals surface area (Å²) in [5, 5.41) is 0. The van der Waals surface area contributed by atoms with Gasteiger partial charge < -0.3 is 4.74 Å². The van der Waals surface area contributed by atoms with Gasteiger partial charge in [-0.25, -0.2) is 8.42 Å². The highest BCUT2D eigenvalue weighted by atomic mass is 32.2. The average molecular weight is 319 g/mol. The van der Waals surface area contributed by atoms with Crippen LogP contribution in [0.1, 0.15) is 16.7 Å². The average Bonchev–Trinajstić information content (AvgIpc) is 2.46. The second-order valence-corrected chi connectivity index (χ2v) is 7.48. The first-order chi connectivity index (χ1) is 10.3. The Balaban J connectivity index is 2.24. The molecule has 118 valence electrons. The van der Waals surface area contributed by atoms with Crippen LogP contribution in [0.25, 0.3) is 0 Å². The smallest absolute Gasteiger partial charge is 0.243 e. The third-order valence-corrected chi connectivity index (χ3v) is 5.27. The molecule has 0 saturated carbocycles. The molecule has 0 saturated heterocycles. The van der Waals surface area contributed by atoms with E-state index in [-0.39, 0.29) is 4.90 Å². The second-order valence-electron chi connectivity index (χ2n) is 5.43. The molecule has 2 aromatic carbocycles. The Labute approximate surface area is 132 Å². The normalized spacial score (nSPS) is 11.7. The highest BCUT2D eigenvalue weighted by Crippen LogP contribution is 2.20. The van der Waals surface area contributed by atoms with E-state index < -0.39 is 10.0 Å². The summed E-state index contributed by atoms with van der Waals surface area (Å²) in [6, 6.07) is 12.5. The Morgan fingerprint density at radius 3 is 2.05 bits per heavy atom. The summed E-state index contributed by atoms with van der Waals surface area (Å²) in [5.74, 6) is 0.635. The first-order valence-electron chi connectivity index (χ1n) is 7.00. The van der Waals surface area contributed by atoms with Crippen LogP contribution in [0.4, 0.5) is 0 Å². The zero-order valence-electron chi connectivity index (χ0n) is 13.3. The van der Waals surface area contributed by atoms with Gasteiger partial charge in [-0.15, -0.1) is 0 Å². The van der Waals surface area contributed by atoms with E-state index in [2.05, 4.69) is 6.07 Å². The number of benzene rings is 2. The summed E-state index contributed by atoms with van der Waals surface area (Å²) in [6.45, 7) is 4.36. The second kappa shape index (κ2) is 6.50. The van der Waals surface area contributed by atoms with Crippen LogP contribution < -0.4 is 4.74 Å². The standard InChI is InChI=1S/C17H21NO3S/c1-13-9-14(2)11-15(10-13)12-18(3)22(19,20)17-7-5-16(21-4)6-8-17/h5-11H,12H2,1-4H3. The summed E-state index contributed by atoms with van der Waals surface area (Å²) in [5.41, 5.74) is 3.24. The lowest BCUT2D eigenvalue weighted by Crippen LogP contribution is -2.26. The van der Waals surface area contributed by atoms with Crippen molar-refractivity contribution >= 4 is 10.0 Å². The zero-order chi connectivity index (χ0) is 16.3. The van der Waals surface area contributed by atoms with Crippen molar-refractivity contribution < 1.29 is 13.2 Å². The molecule has 0 N–H and O–H groups in total. The molecule has 0 aromatic heterocycles. The van der Waals surface area contributed by atoms with E-state index >= 15 is 0 Å². The van der Waals surface area contributed by atoms with Crippen LogP contribution >= 0.6 is 0 Å². The highest BCUT2D eigenvalue weighted by molar-refractivity contribution is 7.89. The largest absolute Gasteiger partial charge is 0.497 e. The molecule has 0 spiro atoms. The molecule has 0 amide bonds.